The minimum atomic E-state index is -0.301. The summed E-state index contributed by atoms with van der Waals surface area (Å²) in [6.07, 6.45) is 0. The number of aromatic nitrogens is 3. The number of nitrogens with one attached hydrogen (secondary N) is 1. The first kappa shape index (κ1) is 10.9. The summed E-state index contributed by atoms with van der Waals surface area (Å²) >= 11 is 1.37. The number of ether oxygens (including phenoxy) is 1. The first-order chi connectivity index (χ1) is 8.83. The van der Waals surface area contributed by atoms with Crippen LogP contribution in [0.5, 0.6) is 0 Å². The Morgan fingerprint density at radius 2 is 2.17 bits per heavy atom. The number of aromatic amines is 1. The van der Waals surface area contributed by atoms with Gasteiger partial charge in [0.1, 0.15) is 22.5 Å². The Bertz CT molecular complexity index is 676. The molecule has 0 aliphatic heterocycles. The molecule has 1 N–H and O–H groups in total. The van der Waals surface area contributed by atoms with Crippen molar-refractivity contribution in [3.8, 4) is 0 Å². The van der Waals surface area contributed by atoms with Gasteiger partial charge in [0.05, 0.1) is 0 Å². The maximum atomic E-state index is 11.6. The highest BCUT2D eigenvalue weighted by atomic mass is 32.1. The van der Waals surface area contributed by atoms with Crippen molar-refractivity contribution in [2.24, 2.45) is 0 Å². The van der Waals surface area contributed by atoms with Crippen molar-refractivity contribution in [1.29, 1.82) is 0 Å². The van der Waals surface area contributed by atoms with Gasteiger partial charge in [0, 0.05) is 0 Å². The van der Waals surface area contributed by atoms with E-state index in [0.717, 1.165) is 16.6 Å². The minimum Gasteiger partial charge on any atom is -0.457 e. The van der Waals surface area contributed by atoms with E-state index in [1.54, 1.807) is 6.07 Å². The van der Waals surface area contributed by atoms with Gasteiger partial charge in [-0.15, -0.1) is 11.3 Å². The fraction of sp³-hybridized carbons (Fsp3) is 0.0833. The molecule has 0 bridgehead atoms. The molecule has 90 valence electrons. The third-order valence-corrected chi connectivity index (χ3v) is 3.32. The van der Waals surface area contributed by atoms with Gasteiger partial charge >= 0.3 is 5.97 Å². The third kappa shape index (κ3) is 2.10. The van der Waals surface area contributed by atoms with Crippen LogP contribution in [0.15, 0.2) is 35.7 Å². The predicted octanol–water partition coefficient (Wildman–Crippen LogP) is 2.38. The Balaban J connectivity index is 1.71. The molecule has 0 aliphatic carbocycles. The van der Waals surface area contributed by atoms with Crippen LogP contribution in [0.4, 0.5) is 0 Å². The monoisotopic (exact) mass is 259 g/mol. The highest BCUT2D eigenvalue weighted by Gasteiger charge is 2.08. The maximum Gasteiger partial charge on any atom is 0.348 e. The molecule has 0 radical (unpaired) electrons. The number of thiophene rings is 1. The van der Waals surface area contributed by atoms with E-state index < -0.39 is 0 Å². The Kier molecular flexibility index (Phi) is 2.77. The zero-order valence-electron chi connectivity index (χ0n) is 9.29. The summed E-state index contributed by atoms with van der Waals surface area (Å²) in [5.41, 5.74) is 2.45. The molecule has 2 aromatic heterocycles. The molecule has 0 spiro atoms. The van der Waals surface area contributed by atoms with Crippen molar-refractivity contribution in [2.45, 2.75) is 6.61 Å². The van der Waals surface area contributed by atoms with Gasteiger partial charge in [0.2, 0.25) is 0 Å². The Labute approximate surface area is 106 Å². The minimum absolute atomic E-state index is 0.236. The van der Waals surface area contributed by atoms with Crippen LogP contribution in [-0.4, -0.2) is 21.4 Å². The van der Waals surface area contributed by atoms with Crippen LogP contribution >= 0.6 is 11.3 Å². The number of nitrogens with zero attached hydrogens (tertiary/aromatic N) is 2. The van der Waals surface area contributed by atoms with Crippen molar-refractivity contribution in [3.63, 3.8) is 0 Å². The molecule has 18 heavy (non-hydrogen) atoms. The van der Waals surface area contributed by atoms with Gasteiger partial charge in [-0.25, -0.2) is 4.79 Å². The van der Waals surface area contributed by atoms with Crippen molar-refractivity contribution in [1.82, 2.24) is 15.4 Å². The molecule has 0 fully saturated rings. The summed E-state index contributed by atoms with van der Waals surface area (Å²) in [6, 6.07) is 9.12. The van der Waals surface area contributed by atoms with Gasteiger partial charge in [0.15, 0.2) is 0 Å². The third-order valence-electron chi connectivity index (χ3n) is 2.47. The molecule has 0 saturated carbocycles. The van der Waals surface area contributed by atoms with Crippen LogP contribution in [0.25, 0.3) is 11.0 Å². The first-order valence-electron chi connectivity index (χ1n) is 5.33. The molecule has 0 unspecified atom stereocenters. The van der Waals surface area contributed by atoms with Crippen molar-refractivity contribution < 1.29 is 9.53 Å². The van der Waals surface area contributed by atoms with Crippen LogP contribution in [0.3, 0.4) is 0 Å². The lowest BCUT2D eigenvalue weighted by molar-refractivity contribution is 0.0478. The average Bonchev–Trinajstić information content (AvgIpc) is 3.05. The van der Waals surface area contributed by atoms with E-state index in [1.807, 2.05) is 29.6 Å². The number of hydrogen-bond donors (Lipinski definition) is 1. The van der Waals surface area contributed by atoms with E-state index in [2.05, 4.69) is 15.4 Å². The van der Waals surface area contributed by atoms with E-state index in [9.17, 15) is 4.79 Å². The van der Waals surface area contributed by atoms with E-state index in [0.29, 0.717) is 4.88 Å². The lowest BCUT2D eigenvalue weighted by Crippen LogP contribution is -2.02. The van der Waals surface area contributed by atoms with Gasteiger partial charge in [-0.05, 0) is 29.1 Å². The Hall–Kier alpha value is -2.21. The number of rotatable bonds is 3. The number of carbonyl (C=O) groups excluding carboxylic acids is 1. The molecule has 3 rings (SSSR count). The molecule has 0 atom stereocenters. The van der Waals surface area contributed by atoms with E-state index in [1.165, 1.54) is 11.3 Å². The molecular weight excluding hydrogens is 250 g/mol. The van der Waals surface area contributed by atoms with Crippen LogP contribution in [-0.2, 0) is 11.3 Å². The summed E-state index contributed by atoms with van der Waals surface area (Å²) in [4.78, 5) is 12.3. The number of carbonyl (C=O) groups is 1. The number of esters is 1. The SMILES string of the molecule is O=C(OCc1ccc2n[nH]nc2c1)c1cccs1. The van der Waals surface area contributed by atoms with Gasteiger partial charge < -0.3 is 4.74 Å². The van der Waals surface area contributed by atoms with Crippen LogP contribution < -0.4 is 0 Å². The fourth-order valence-corrected chi connectivity index (χ4v) is 2.21. The molecule has 0 amide bonds. The quantitative estimate of drug-likeness (QED) is 0.733. The smallest absolute Gasteiger partial charge is 0.348 e. The highest BCUT2D eigenvalue weighted by Crippen LogP contribution is 2.14. The predicted molar refractivity (Wildman–Crippen MR) is 67.3 cm³/mol. The largest absolute Gasteiger partial charge is 0.457 e. The standard InChI is InChI=1S/C12H9N3O2S/c16-12(11-2-1-5-18-11)17-7-8-3-4-9-10(6-8)14-15-13-9/h1-6H,7H2,(H,13,14,15). The number of benzene rings is 1. The first-order valence-corrected chi connectivity index (χ1v) is 6.21. The van der Waals surface area contributed by atoms with Crippen LogP contribution in [0.2, 0.25) is 0 Å². The molecule has 1 aromatic carbocycles. The summed E-state index contributed by atoms with van der Waals surface area (Å²) in [5.74, 6) is -0.301. The average molecular weight is 259 g/mol. The summed E-state index contributed by atoms with van der Waals surface area (Å²) < 4.78 is 5.21. The Morgan fingerprint density at radius 1 is 1.28 bits per heavy atom. The number of H-pyrrole nitrogens is 1. The van der Waals surface area contributed by atoms with Crippen molar-refractivity contribution in [2.75, 3.05) is 0 Å². The normalized spacial score (nSPS) is 10.7. The molecular formula is C12H9N3O2S. The zero-order chi connectivity index (χ0) is 12.4. The lowest BCUT2D eigenvalue weighted by atomic mass is 10.2. The zero-order valence-corrected chi connectivity index (χ0v) is 10.1. The molecule has 3 aromatic rings. The van der Waals surface area contributed by atoms with Gasteiger partial charge in [-0.3, -0.25) is 0 Å². The van der Waals surface area contributed by atoms with Gasteiger partial charge in [-0.2, -0.15) is 15.4 Å². The molecule has 2 heterocycles. The molecule has 5 nitrogen and oxygen atoms in total. The molecule has 0 aliphatic rings. The summed E-state index contributed by atoms with van der Waals surface area (Å²) in [5, 5.41) is 12.3. The van der Waals surface area contributed by atoms with Crippen LogP contribution in [0.1, 0.15) is 15.2 Å². The highest BCUT2D eigenvalue weighted by molar-refractivity contribution is 7.11. The van der Waals surface area contributed by atoms with Gasteiger partial charge in [0.25, 0.3) is 0 Å². The second-order valence-electron chi connectivity index (χ2n) is 3.70. The second kappa shape index (κ2) is 4.58. The second-order valence-corrected chi connectivity index (χ2v) is 4.65. The maximum absolute atomic E-state index is 11.6. The molecule has 6 heteroatoms. The topological polar surface area (TPSA) is 67.9 Å². The van der Waals surface area contributed by atoms with E-state index >= 15 is 0 Å². The number of fused-ring (bicyclic) bond motifs is 1. The number of hydrogen-bond acceptors (Lipinski definition) is 5. The lowest BCUT2D eigenvalue weighted by Gasteiger charge is -2.02. The van der Waals surface area contributed by atoms with Gasteiger partial charge in [-0.1, -0.05) is 12.1 Å². The van der Waals surface area contributed by atoms with Crippen molar-refractivity contribution in [3.05, 3.63) is 46.2 Å². The summed E-state index contributed by atoms with van der Waals surface area (Å²) in [6.45, 7) is 0.236. The van der Waals surface area contributed by atoms with Crippen LogP contribution in [0, 0.1) is 0 Å². The summed E-state index contributed by atoms with van der Waals surface area (Å²) in [7, 11) is 0. The molecule has 0 saturated heterocycles. The van der Waals surface area contributed by atoms with E-state index in [-0.39, 0.29) is 12.6 Å². The van der Waals surface area contributed by atoms with E-state index in [4.69, 9.17) is 4.74 Å². The van der Waals surface area contributed by atoms with Crippen molar-refractivity contribution >= 4 is 28.3 Å². The Morgan fingerprint density at radius 3 is 3.00 bits per heavy atom. The fourth-order valence-electron chi connectivity index (χ4n) is 1.59.